The molecule has 0 heterocycles. The highest BCUT2D eigenvalue weighted by Gasteiger charge is 2.12. The van der Waals surface area contributed by atoms with Crippen molar-refractivity contribution in [2.45, 2.75) is 0 Å². The van der Waals surface area contributed by atoms with E-state index in [0.717, 1.165) is 0 Å². The van der Waals surface area contributed by atoms with Gasteiger partial charge in [0.15, 0.2) is 6.61 Å². The number of anilines is 1. The molecule has 2 rings (SSSR count). The minimum absolute atomic E-state index is 0.0688. The zero-order chi connectivity index (χ0) is 17.9. The van der Waals surface area contributed by atoms with Crippen LogP contribution in [0.3, 0.4) is 0 Å². The van der Waals surface area contributed by atoms with Crippen LogP contribution in [0.5, 0.6) is 5.75 Å². The first-order chi connectivity index (χ1) is 11.3. The summed E-state index contributed by atoms with van der Waals surface area (Å²) in [5, 5.41) is 12.3. The first-order valence-electron chi connectivity index (χ1n) is 6.38. The molecular weight excluding hydrogens is 400 g/mol. The summed E-state index contributed by atoms with van der Waals surface area (Å²) >= 11 is 23.3. The molecule has 0 aliphatic heterocycles. The van der Waals surface area contributed by atoms with Crippen molar-refractivity contribution in [3.63, 3.8) is 0 Å². The number of carbonyl (C=O) groups is 2. The fraction of sp³-hybridized carbons (Fsp3) is 0.0667. The Bertz CT molecular complexity index is 810. The van der Waals surface area contributed by atoms with E-state index in [1.807, 2.05) is 0 Å². The van der Waals surface area contributed by atoms with Gasteiger partial charge < -0.3 is 15.2 Å². The average molecular weight is 409 g/mol. The maximum Gasteiger partial charge on any atom is 0.337 e. The van der Waals surface area contributed by atoms with Crippen LogP contribution >= 0.6 is 46.4 Å². The maximum absolute atomic E-state index is 11.9. The lowest BCUT2D eigenvalue weighted by Gasteiger charge is -2.10. The van der Waals surface area contributed by atoms with E-state index in [9.17, 15) is 9.59 Å². The Morgan fingerprint density at radius 1 is 0.958 bits per heavy atom. The topological polar surface area (TPSA) is 75.6 Å². The SMILES string of the molecule is O=C(COc1cc(Cl)c(Cl)cc1Cl)Nc1ccc(Cl)c(C(=O)O)c1. The molecule has 0 radical (unpaired) electrons. The third kappa shape index (κ3) is 4.68. The molecule has 0 saturated carbocycles. The van der Waals surface area contributed by atoms with E-state index in [1.54, 1.807) is 0 Å². The lowest BCUT2D eigenvalue weighted by molar-refractivity contribution is -0.118. The summed E-state index contributed by atoms with van der Waals surface area (Å²) in [6.07, 6.45) is 0. The van der Waals surface area contributed by atoms with Gasteiger partial charge in [-0.15, -0.1) is 0 Å². The molecule has 0 spiro atoms. The second-order valence-electron chi connectivity index (χ2n) is 4.53. The third-order valence-corrected chi connectivity index (χ3v) is 4.16. The number of hydrogen-bond acceptors (Lipinski definition) is 3. The number of rotatable bonds is 5. The van der Waals surface area contributed by atoms with Crippen molar-refractivity contribution < 1.29 is 19.4 Å². The molecule has 1 amide bonds. The number of halogens is 4. The van der Waals surface area contributed by atoms with Crippen molar-refractivity contribution in [3.8, 4) is 5.75 Å². The predicted octanol–water partition coefficient (Wildman–Crippen LogP) is 5.02. The van der Waals surface area contributed by atoms with Crippen LogP contribution < -0.4 is 10.1 Å². The van der Waals surface area contributed by atoms with Gasteiger partial charge in [0.1, 0.15) is 5.75 Å². The zero-order valence-electron chi connectivity index (χ0n) is 11.8. The molecule has 2 aromatic rings. The molecule has 9 heteroatoms. The summed E-state index contributed by atoms with van der Waals surface area (Å²) in [6.45, 7) is -0.358. The summed E-state index contributed by atoms with van der Waals surface area (Å²) in [6, 6.07) is 6.88. The number of aromatic carboxylic acids is 1. The molecule has 5 nitrogen and oxygen atoms in total. The number of benzene rings is 2. The molecule has 2 aromatic carbocycles. The first kappa shape index (κ1) is 18.7. The molecular formula is C15H9Cl4NO4. The summed E-state index contributed by atoms with van der Waals surface area (Å²) in [4.78, 5) is 22.9. The lowest BCUT2D eigenvalue weighted by atomic mass is 10.2. The van der Waals surface area contributed by atoms with Crippen molar-refractivity contribution in [1.29, 1.82) is 0 Å². The van der Waals surface area contributed by atoms with Gasteiger partial charge in [0.05, 0.1) is 25.7 Å². The molecule has 24 heavy (non-hydrogen) atoms. The first-order valence-corrected chi connectivity index (χ1v) is 7.89. The molecule has 126 valence electrons. The number of ether oxygens (including phenoxy) is 1. The Kier molecular flexibility index (Phi) is 6.18. The minimum atomic E-state index is -1.20. The molecule has 0 saturated heterocycles. The highest BCUT2D eigenvalue weighted by atomic mass is 35.5. The van der Waals surface area contributed by atoms with E-state index in [4.69, 9.17) is 56.2 Å². The van der Waals surface area contributed by atoms with Crippen molar-refractivity contribution in [2.24, 2.45) is 0 Å². The van der Waals surface area contributed by atoms with Gasteiger partial charge in [-0.25, -0.2) is 4.79 Å². The molecule has 2 N–H and O–H groups in total. The van der Waals surface area contributed by atoms with E-state index < -0.39 is 11.9 Å². The Labute approximate surface area is 157 Å². The van der Waals surface area contributed by atoms with Crippen LogP contribution in [-0.2, 0) is 4.79 Å². The van der Waals surface area contributed by atoms with Crippen molar-refractivity contribution >= 4 is 64.0 Å². The van der Waals surface area contributed by atoms with Gasteiger partial charge in [-0.1, -0.05) is 46.4 Å². The van der Waals surface area contributed by atoms with Crippen LogP contribution in [-0.4, -0.2) is 23.6 Å². The second-order valence-corrected chi connectivity index (χ2v) is 6.16. The van der Waals surface area contributed by atoms with E-state index in [0.29, 0.717) is 0 Å². The molecule has 0 aliphatic carbocycles. The fourth-order valence-corrected chi connectivity index (χ4v) is 2.51. The van der Waals surface area contributed by atoms with Crippen LogP contribution in [0.4, 0.5) is 5.69 Å². The van der Waals surface area contributed by atoms with Crippen LogP contribution in [0.15, 0.2) is 30.3 Å². The Morgan fingerprint density at radius 2 is 1.62 bits per heavy atom. The van der Waals surface area contributed by atoms with Crippen LogP contribution in [0.1, 0.15) is 10.4 Å². The fourth-order valence-electron chi connectivity index (χ4n) is 1.72. The quantitative estimate of drug-likeness (QED) is 0.681. The number of carboxylic acids is 1. The van der Waals surface area contributed by atoms with Gasteiger partial charge in [-0.05, 0) is 24.3 Å². The van der Waals surface area contributed by atoms with Gasteiger partial charge in [0.25, 0.3) is 5.91 Å². The summed E-state index contributed by atoms with van der Waals surface area (Å²) in [5.74, 6) is -1.52. The highest BCUT2D eigenvalue weighted by molar-refractivity contribution is 6.43. The molecule has 0 bridgehead atoms. The smallest absolute Gasteiger partial charge is 0.337 e. The van der Waals surface area contributed by atoms with Crippen molar-refractivity contribution in [1.82, 2.24) is 0 Å². The van der Waals surface area contributed by atoms with E-state index in [2.05, 4.69) is 5.32 Å². The Morgan fingerprint density at radius 3 is 2.29 bits per heavy atom. The highest BCUT2D eigenvalue weighted by Crippen LogP contribution is 2.33. The van der Waals surface area contributed by atoms with Crippen LogP contribution in [0.25, 0.3) is 0 Å². The maximum atomic E-state index is 11.9. The minimum Gasteiger partial charge on any atom is -0.482 e. The van der Waals surface area contributed by atoms with Crippen molar-refractivity contribution in [3.05, 3.63) is 56.0 Å². The number of carboxylic acid groups (broad SMARTS) is 1. The van der Waals surface area contributed by atoms with Crippen LogP contribution in [0.2, 0.25) is 20.1 Å². The molecule has 0 atom stereocenters. The average Bonchev–Trinajstić information content (AvgIpc) is 2.51. The monoisotopic (exact) mass is 407 g/mol. The van der Waals surface area contributed by atoms with Gasteiger partial charge in [-0.3, -0.25) is 4.79 Å². The number of hydrogen-bond donors (Lipinski definition) is 2. The lowest BCUT2D eigenvalue weighted by Crippen LogP contribution is -2.20. The third-order valence-electron chi connectivity index (χ3n) is 2.81. The second kappa shape index (κ2) is 7.94. The number of amides is 1. The summed E-state index contributed by atoms with van der Waals surface area (Å²) in [5.41, 5.74) is 0.147. The number of nitrogens with one attached hydrogen (secondary N) is 1. The van der Waals surface area contributed by atoms with Gasteiger partial charge in [0, 0.05) is 11.8 Å². The van der Waals surface area contributed by atoms with Crippen molar-refractivity contribution in [2.75, 3.05) is 11.9 Å². The van der Waals surface area contributed by atoms with Gasteiger partial charge >= 0.3 is 5.97 Å². The number of carbonyl (C=O) groups excluding carboxylic acids is 1. The molecule has 0 unspecified atom stereocenters. The van der Waals surface area contributed by atoms with E-state index in [-0.39, 0.29) is 43.7 Å². The standard InChI is InChI=1S/C15H9Cl4NO4/c16-9-2-1-7(3-8(9)15(22)23)20-14(21)6-24-13-5-11(18)10(17)4-12(13)19/h1-5H,6H2,(H,20,21)(H,22,23). The normalized spacial score (nSPS) is 10.3. The van der Waals surface area contributed by atoms with E-state index in [1.165, 1.54) is 30.3 Å². The zero-order valence-corrected chi connectivity index (χ0v) is 14.8. The molecule has 0 fully saturated rings. The Hall–Kier alpha value is -1.66. The van der Waals surface area contributed by atoms with Crippen LogP contribution in [0, 0.1) is 0 Å². The Balaban J connectivity index is 2.03. The van der Waals surface area contributed by atoms with E-state index >= 15 is 0 Å². The summed E-state index contributed by atoms with van der Waals surface area (Å²) < 4.78 is 5.28. The molecule has 0 aliphatic rings. The summed E-state index contributed by atoms with van der Waals surface area (Å²) in [7, 11) is 0. The van der Waals surface area contributed by atoms with Gasteiger partial charge in [-0.2, -0.15) is 0 Å². The predicted molar refractivity (Wildman–Crippen MR) is 94.0 cm³/mol. The largest absolute Gasteiger partial charge is 0.482 e. The van der Waals surface area contributed by atoms with Gasteiger partial charge in [0.2, 0.25) is 0 Å². The molecule has 0 aromatic heterocycles.